The Balaban J connectivity index is 2.25. The molecule has 0 fully saturated rings. The van der Waals surface area contributed by atoms with Crippen molar-refractivity contribution in [1.29, 1.82) is 5.26 Å². The molecule has 108 valence electrons. The highest BCUT2D eigenvalue weighted by atomic mass is 35.5. The van der Waals surface area contributed by atoms with Crippen molar-refractivity contribution in [3.05, 3.63) is 34.6 Å². The summed E-state index contributed by atoms with van der Waals surface area (Å²) in [6.45, 7) is 1.73. The molecule has 0 saturated carbocycles. The van der Waals surface area contributed by atoms with Gasteiger partial charge in [-0.3, -0.25) is 0 Å². The lowest BCUT2D eigenvalue weighted by molar-refractivity contribution is 1.01. The monoisotopic (exact) mass is 322 g/mol. The molecule has 0 saturated heterocycles. The van der Waals surface area contributed by atoms with Gasteiger partial charge in [-0.1, -0.05) is 23.2 Å². The van der Waals surface area contributed by atoms with E-state index in [4.69, 9.17) is 34.2 Å². The van der Waals surface area contributed by atoms with Crippen LogP contribution in [0.5, 0.6) is 0 Å². The van der Waals surface area contributed by atoms with Crippen LogP contribution in [0.15, 0.2) is 24.5 Å². The lowest BCUT2D eigenvalue weighted by atomic mass is 10.3. The molecule has 0 aromatic carbocycles. The van der Waals surface area contributed by atoms with Crippen LogP contribution in [-0.4, -0.2) is 16.0 Å². The second kappa shape index (κ2) is 6.48. The predicted molar refractivity (Wildman–Crippen MR) is 84.9 cm³/mol. The van der Waals surface area contributed by atoms with Gasteiger partial charge < -0.3 is 16.4 Å². The van der Waals surface area contributed by atoms with E-state index in [0.29, 0.717) is 33.1 Å². The predicted octanol–water partition coefficient (Wildman–Crippen LogP) is 3.43. The van der Waals surface area contributed by atoms with E-state index in [-0.39, 0.29) is 6.04 Å². The van der Waals surface area contributed by atoms with Gasteiger partial charge in [-0.25, -0.2) is 9.97 Å². The molecule has 2 rings (SSSR count). The first-order valence-corrected chi connectivity index (χ1v) is 6.75. The van der Waals surface area contributed by atoms with Gasteiger partial charge in [-0.15, -0.1) is 0 Å². The minimum Gasteiger partial charge on any atom is -0.396 e. The number of nitrogens with zero attached hydrogens (tertiary/aromatic N) is 3. The molecule has 4 N–H and O–H groups in total. The van der Waals surface area contributed by atoms with Crippen LogP contribution in [0.4, 0.5) is 23.0 Å². The van der Waals surface area contributed by atoms with Crippen molar-refractivity contribution in [2.75, 3.05) is 16.4 Å². The van der Waals surface area contributed by atoms with Crippen molar-refractivity contribution >= 4 is 46.2 Å². The summed E-state index contributed by atoms with van der Waals surface area (Å²) < 4.78 is 0. The number of aromatic nitrogens is 2. The molecule has 2 aromatic rings. The molecule has 2 aromatic heterocycles. The highest BCUT2D eigenvalue weighted by Crippen LogP contribution is 2.27. The Hall–Kier alpha value is -2.23. The number of nitrogen functional groups attached to an aromatic ring is 1. The zero-order chi connectivity index (χ0) is 15.4. The van der Waals surface area contributed by atoms with Gasteiger partial charge in [0.15, 0.2) is 0 Å². The Morgan fingerprint density at radius 3 is 2.71 bits per heavy atom. The molecule has 0 unspecified atom stereocenters. The van der Waals surface area contributed by atoms with Crippen LogP contribution in [0, 0.1) is 11.3 Å². The maximum Gasteiger partial charge on any atom is 0.150 e. The first-order valence-electron chi connectivity index (χ1n) is 5.99. The van der Waals surface area contributed by atoms with E-state index < -0.39 is 0 Å². The zero-order valence-corrected chi connectivity index (χ0v) is 12.6. The maximum absolute atomic E-state index is 8.83. The van der Waals surface area contributed by atoms with Crippen molar-refractivity contribution in [3.63, 3.8) is 0 Å². The normalized spacial score (nSPS) is 11.5. The molecule has 2 heterocycles. The smallest absolute Gasteiger partial charge is 0.150 e. The van der Waals surface area contributed by atoms with Gasteiger partial charge in [0.05, 0.1) is 33.7 Å². The second-order valence-corrected chi connectivity index (χ2v) is 5.10. The highest BCUT2D eigenvalue weighted by molar-refractivity contribution is 6.36. The number of halogens is 2. The molecule has 8 heteroatoms. The molecule has 0 radical (unpaired) electrons. The van der Waals surface area contributed by atoms with Crippen molar-refractivity contribution in [1.82, 2.24) is 9.97 Å². The number of nitriles is 1. The third-order valence-corrected chi connectivity index (χ3v) is 3.05. The van der Waals surface area contributed by atoms with Crippen molar-refractivity contribution < 1.29 is 0 Å². The summed E-state index contributed by atoms with van der Waals surface area (Å²) in [5.41, 5.74) is 6.86. The summed E-state index contributed by atoms with van der Waals surface area (Å²) in [6.07, 6.45) is 2.96. The molecule has 0 amide bonds. The second-order valence-electron chi connectivity index (χ2n) is 4.26. The summed E-state index contributed by atoms with van der Waals surface area (Å²) >= 11 is 11.8. The number of hydrogen-bond donors (Lipinski definition) is 3. The Labute approximate surface area is 131 Å². The van der Waals surface area contributed by atoms with Crippen molar-refractivity contribution in [2.24, 2.45) is 0 Å². The minimum atomic E-state index is -0.375. The SMILES string of the molecule is C[C@H](C#N)Nc1cc(Nc2ncc(Cl)cc2Cl)ncc1N. The van der Waals surface area contributed by atoms with E-state index in [0.717, 1.165) is 0 Å². The number of nitrogens with two attached hydrogens (primary N) is 1. The van der Waals surface area contributed by atoms with Gasteiger partial charge in [-0.05, 0) is 13.0 Å². The van der Waals surface area contributed by atoms with Gasteiger partial charge in [-0.2, -0.15) is 5.26 Å². The third kappa shape index (κ3) is 3.88. The van der Waals surface area contributed by atoms with E-state index in [1.165, 1.54) is 12.4 Å². The number of nitrogens with one attached hydrogen (secondary N) is 2. The molecule has 21 heavy (non-hydrogen) atoms. The van der Waals surface area contributed by atoms with E-state index in [2.05, 4.69) is 26.7 Å². The number of anilines is 4. The lowest BCUT2D eigenvalue weighted by Crippen LogP contribution is -2.14. The lowest BCUT2D eigenvalue weighted by Gasteiger charge is -2.13. The third-order valence-electron chi connectivity index (χ3n) is 2.55. The van der Waals surface area contributed by atoms with Crippen LogP contribution in [0.25, 0.3) is 0 Å². The van der Waals surface area contributed by atoms with Gasteiger partial charge >= 0.3 is 0 Å². The van der Waals surface area contributed by atoms with Crippen LogP contribution >= 0.6 is 23.2 Å². The average molecular weight is 323 g/mol. The Morgan fingerprint density at radius 1 is 1.29 bits per heavy atom. The molecular formula is C13H12Cl2N6. The molecule has 0 aliphatic heterocycles. The molecule has 0 spiro atoms. The average Bonchev–Trinajstić information content (AvgIpc) is 2.45. The first kappa shape index (κ1) is 15.2. The fourth-order valence-electron chi connectivity index (χ4n) is 1.55. The summed E-state index contributed by atoms with van der Waals surface area (Å²) in [5.74, 6) is 0.922. The fraction of sp³-hybridized carbons (Fsp3) is 0.154. The van der Waals surface area contributed by atoms with Crippen LogP contribution in [0.1, 0.15) is 6.92 Å². The van der Waals surface area contributed by atoms with Crippen LogP contribution in [-0.2, 0) is 0 Å². The van der Waals surface area contributed by atoms with Gasteiger partial charge in [0.2, 0.25) is 0 Å². The minimum absolute atomic E-state index is 0.375. The van der Waals surface area contributed by atoms with Crippen LogP contribution in [0.2, 0.25) is 10.0 Å². The zero-order valence-electron chi connectivity index (χ0n) is 11.1. The standard InChI is InChI=1S/C13H12Cl2N6/c1-7(4-16)20-11-3-12(18-6-10(11)17)21-13-9(15)2-8(14)5-19-13/h2-3,5-7H,17H2,1H3,(H2,18,19,20,21)/t7-/m1/s1. The topological polar surface area (TPSA) is 99.6 Å². The number of pyridine rings is 2. The summed E-state index contributed by atoms with van der Waals surface area (Å²) in [7, 11) is 0. The van der Waals surface area contributed by atoms with Crippen LogP contribution < -0.4 is 16.4 Å². The molecule has 0 aliphatic rings. The van der Waals surface area contributed by atoms with Gasteiger partial charge in [0.25, 0.3) is 0 Å². The van der Waals surface area contributed by atoms with E-state index in [1.54, 1.807) is 19.1 Å². The number of rotatable bonds is 4. The number of hydrogen-bond acceptors (Lipinski definition) is 6. The van der Waals surface area contributed by atoms with E-state index in [9.17, 15) is 0 Å². The quantitative estimate of drug-likeness (QED) is 0.797. The molecule has 0 bridgehead atoms. The fourth-order valence-corrected chi connectivity index (χ4v) is 1.98. The molecular weight excluding hydrogens is 311 g/mol. The van der Waals surface area contributed by atoms with E-state index in [1.807, 2.05) is 0 Å². The largest absolute Gasteiger partial charge is 0.396 e. The Kier molecular flexibility index (Phi) is 4.68. The summed E-state index contributed by atoms with van der Waals surface area (Å²) in [5, 5.41) is 15.6. The van der Waals surface area contributed by atoms with Crippen molar-refractivity contribution in [2.45, 2.75) is 13.0 Å². The Bertz CT molecular complexity index is 698. The van der Waals surface area contributed by atoms with Crippen LogP contribution in [0.3, 0.4) is 0 Å². The van der Waals surface area contributed by atoms with E-state index >= 15 is 0 Å². The molecule has 0 aliphatic carbocycles. The summed E-state index contributed by atoms with van der Waals surface area (Å²) in [6, 6.07) is 4.95. The first-order chi connectivity index (χ1) is 9.99. The van der Waals surface area contributed by atoms with Crippen molar-refractivity contribution in [3.8, 4) is 6.07 Å². The van der Waals surface area contributed by atoms with Gasteiger partial charge in [0, 0.05) is 12.3 Å². The Morgan fingerprint density at radius 2 is 2.05 bits per heavy atom. The summed E-state index contributed by atoms with van der Waals surface area (Å²) in [4.78, 5) is 8.22. The molecule has 1 atom stereocenters. The highest BCUT2D eigenvalue weighted by Gasteiger charge is 2.08. The maximum atomic E-state index is 8.83. The van der Waals surface area contributed by atoms with Gasteiger partial charge in [0.1, 0.15) is 17.7 Å². The molecule has 6 nitrogen and oxygen atoms in total.